The Balaban J connectivity index is 1.39. The molecule has 0 radical (unpaired) electrons. The predicted octanol–water partition coefficient (Wildman–Crippen LogP) is 2.68. The van der Waals surface area contributed by atoms with Crippen LogP contribution in [0.5, 0.6) is 11.5 Å². The molecule has 2 aromatic rings. The lowest BCUT2D eigenvalue weighted by atomic mass is 10.0. The first-order valence-corrected chi connectivity index (χ1v) is 9.38. The number of nitrogens with one attached hydrogen (secondary N) is 2. The van der Waals surface area contributed by atoms with Gasteiger partial charge >= 0.3 is 0 Å². The van der Waals surface area contributed by atoms with Crippen molar-refractivity contribution in [2.75, 3.05) is 20.3 Å². The van der Waals surface area contributed by atoms with E-state index in [1.54, 1.807) is 4.90 Å². The van der Waals surface area contributed by atoms with Crippen LogP contribution in [0.1, 0.15) is 23.6 Å². The van der Waals surface area contributed by atoms with Crippen LogP contribution in [-0.4, -0.2) is 37.1 Å². The number of rotatable bonds is 4. The van der Waals surface area contributed by atoms with Crippen molar-refractivity contribution in [1.29, 1.82) is 0 Å². The number of likely N-dealkylation sites (N-methyl/N-ethyl adjacent to an activating group) is 1. The van der Waals surface area contributed by atoms with Gasteiger partial charge in [0.15, 0.2) is 11.5 Å². The lowest BCUT2D eigenvalue weighted by molar-refractivity contribution is -0.132. The summed E-state index contributed by atoms with van der Waals surface area (Å²) in [5.74, 6) is 1.52. The Hall–Kier alpha value is -2.28. The van der Waals surface area contributed by atoms with Crippen molar-refractivity contribution in [2.24, 2.45) is 0 Å². The lowest BCUT2D eigenvalue weighted by Gasteiger charge is -2.23. The third-order valence-electron chi connectivity index (χ3n) is 4.88. The normalized spacial score (nSPS) is 21.1. The Morgan fingerprint density at radius 1 is 1.15 bits per heavy atom. The van der Waals surface area contributed by atoms with Crippen molar-refractivity contribution in [1.82, 2.24) is 15.8 Å². The first-order valence-electron chi connectivity index (χ1n) is 9.01. The molecule has 0 aliphatic carbocycles. The zero-order valence-electron chi connectivity index (χ0n) is 15.1. The Kier molecular flexibility index (Phi) is 5.20. The van der Waals surface area contributed by atoms with Crippen LogP contribution in [0, 0.1) is 0 Å². The van der Waals surface area contributed by atoms with Crippen LogP contribution in [0.2, 0.25) is 5.02 Å². The fraction of sp³-hybridized carbons (Fsp3) is 0.350. The molecule has 2 atom stereocenters. The van der Waals surface area contributed by atoms with Crippen LogP contribution in [0.3, 0.4) is 0 Å². The molecular formula is C20H22ClN3O3. The molecular weight excluding hydrogens is 366 g/mol. The summed E-state index contributed by atoms with van der Waals surface area (Å²) in [6.45, 7) is 1.62. The number of carbonyl (C=O) groups is 1. The molecule has 4 rings (SSSR count). The largest absolute Gasteiger partial charge is 0.486 e. The summed E-state index contributed by atoms with van der Waals surface area (Å²) in [7, 11) is 1.81. The minimum Gasteiger partial charge on any atom is -0.486 e. The molecule has 0 spiro atoms. The van der Waals surface area contributed by atoms with Crippen LogP contribution < -0.4 is 20.3 Å². The van der Waals surface area contributed by atoms with Gasteiger partial charge in [0.05, 0.1) is 0 Å². The molecule has 6 nitrogen and oxygen atoms in total. The highest BCUT2D eigenvalue weighted by atomic mass is 35.5. The number of amides is 1. The Morgan fingerprint density at radius 2 is 1.93 bits per heavy atom. The zero-order valence-corrected chi connectivity index (χ0v) is 15.8. The molecule has 0 bridgehead atoms. The van der Waals surface area contributed by atoms with Crippen molar-refractivity contribution >= 4 is 17.5 Å². The topological polar surface area (TPSA) is 62.8 Å². The van der Waals surface area contributed by atoms with Gasteiger partial charge in [-0.2, -0.15) is 0 Å². The molecule has 0 saturated carbocycles. The number of halogens is 1. The van der Waals surface area contributed by atoms with E-state index in [1.807, 2.05) is 49.5 Å². The van der Waals surface area contributed by atoms with Gasteiger partial charge in [0.25, 0.3) is 0 Å². The van der Waals surface area contributed by atoms with Gasteiger partial charge in [-0.05, 0) is 35.7 Å². The van der Waals surface area contributed by atoms with E-state index >= 15 is 0 Å². The molecule has 2 aliphatic heterocycles. The molecule has 2 N–H and O–H groups in total. The molecule has 1 saturated heterocycles. The third-order valence-corrected chi connectivity index (χ3v) is 5.23. The zero-order chi connectivity index (χ0) is 18.8. The number of hydrogen-bond donors (Lipinski definition) is 2. The van der Waals surface area contributed by atoms with Crippen molar-refractivity contribution in [3.63, 3.8) is 0 Å². The van der Waals surface area contributed by atoms with Crippen LogP contribution >= 0.6 is 11.6 Å². The van der Waals surface area contributed by atoms with Gasteiger partial charge in [0, 0.05) is 24.7 Å². The van der Waals surface area contributed by atoms with E-state index in [-0.39, 0.29) is 18.0 Å². The van der Waals surface area contributed by atoms with E-state index in [0.717, 1.165) is 22.6 Å². The Labute approximate surface area is 163 Å². The number of ether oxygens (including phenoxy) is 2. The second-order valence-corrected chi connectivity index (χ2v) is 7.23. The SMILES string of the molecule is CN(Cc1ccc2c(c1)OCCO2)C(=O)C1CC(c2ccccc2Cl)NN1. The van der Waals surface area contributed by atoms with Gasteiger partial charge in [-0.3, -0.25) is 4.79 Å². The fourth-order valence-corrected chi connectivity index (χ4v) is 3.75. The predicted molar refractivity (Wildman–Crippen MR) is 103 cm³/mol. The third kappa shape index (κ3) is 3.88. The number of fused-ring (bicyclic) bond motifs is 1. The van der Waals surface area contributed by atoms with E-state index in [2.05, 4.69) is 10.9 Å². The maximum atomic E-state index is 12.8. The van der Waals surface area contributed by atoms with Gasteiger partial charge in [-0.15, -0.1) is 0 Å². The van der Waals surface area contributed by atoms with Gasteiger partial charge < -0.3 is 14.4 Å². The molecule has 142 valence electrons. The fourth-order valence-electron chi connectivity index (χ4n) is 3.48. The molecule has 7 heteroatoms. The quantitative estimate of drug-likeness (QED) is 0.844. The van der Waals surface area contributed by atoms with Gasteiger partial charge in [0.2, 0.25) is 5.91 Å². The lowest BCUT2D eigenvalue weighted by Crippen LogP contribution is -2.43. The Bertz CT molecular complexity index is 845. The smallest absolute Gasteiger partial charge is 0.241 e. The van der Waals surface area contributed by atoms with E-state index in [4.69, 9.17) is 21.1 Å². The monoisotopic (exact) mass is 387 g/mol. The van der Waals surface area contributed by atoms with E-state index in [1.165, 1.54) is 0 Å². The highest BCUT2D eigenvalue weighted by Gasteiger charge is 2.32. The van der Waals surface area contributed by atoms with E-state index in [0.29, 0.717) is 31.2 Å². The minimum atomic E-state index is -0.298. The maximum Gasteiger partial charge on any atom is 0.241 e. The van der Waals surface area contributed by atoms with E-state index in [9.17, 15) is 4.79 Å². The summed E-state index contributed by atoms with van der Waals surface area (Å²) in [5, 5.41) is 0.703. The molecule has 2 unspecified atom stereocenters. The molecule has 2 heterocycles. The molecule has 2 aromatic carbocycles. The second-order valence-electron chi connectivity index (χ2n) is 6.82. The van der Waals surface area contributed by atoms with Crippen molar-refractivity contribution in [3.8, 4) is 11.5 Å². The summed E-state index contributed by atoms with van der Waals surface area (Å²) in [6, 6.07) is 13.2. The Morgan fingerprint density at radius 3 is 2.74 bits per heavy atom. The van der Waals surface area contributed by atoms with Crippen molar-refractivity contribution in [2.45, 2.75) is 25.0 Å². The number of carbonyl (C=O) groups excluding carboxylic acids is 1. The minimum absolute atomic E-state index is 0.00958. The summed E-state index contributed by atoms with van der Waals surface area (Å²) in [6.07, 6.45) is 0.647. The van der Waals surface area contributed by atoms with Gasteiger partial charge in [-0.25, -0.2) is 10.9 Å². The van der Waals surface area contributed by atoms with Gasteiger partial charge in [-0.1, -0.05) is 35.9 Å². The van der Waals surface area contributed by atoms with Crippen LogP contribution in [-0.2, 0) is 11.3 Å². The number of hydrazine groups is 1. The molecule has 0 aromatic heterocycles. The van der Waals surface area contributed by atoms with E-state index < -0.39 is 0 Å². The molecule has 2 aliphatic rings. The van der Waals surface area contributed by atoms with Crippen molar-refractivity contribution < 1.29 is 14.3 Å². The molecule has 27 heavy (non-hydrogen) atoms. The van der Waals surface area contributed by atoms with Gasteiger partial charge in [0.1, 0.15) is 19.3 Å². The number of hydrogen-bond acceptors (Lipinski definition) is 5. The summed E-state index contributed by atoms with van der Waals surface area (Å²) in [5.41, 5.74) is 8.29. The second kappa shape index (κ2) is 7.76. The summed E-state index contributed by atoms with van der Waals surface area (Å²) < 4.78 is 11.2. The van der Waals surface area contributed by atoms with Crippen molar-refractivity contribution in [3.05, 3.63) is 58.6 Å². The average molecular weight is 388 g/mol. The molecule has 1 amide bonds. The maximum absolute atomic E-state index is 12.8. The van der Waals surface area contributed by atoms with Crippen LogP contribution in [0.25, 0.3) is 0 Å². The average Bonchev–Trinajstić information content (AvgIpc) is 3.17. The number of nitrogens with zero attached hydrogens (tertiary/aromatic N) is 1. The standard InChI is InChI=1S/C20H22ClN3O3/c1-24(12-13-6-7-18-19(10-13)27-9-8-26-18)20(25)17-11-16(22-23-17)14-4-2-3-5-15(14)21/h2-7,10,16-17,22-23H,8-9,11-12H2,1H3. The first-order chi connectivity index (χ1) is 13.1. The highest BCUT2D eigenvalue weighted by molar-refractivity contribution is 6.31. The summed E-state index contributed by atoms with van der Waals surface area (Å²) in [4.78, 5) is 14.6. The number of benzene rings is 2. The van der Waals surface area contributed by atoms with Crippen LogP contribution in [0.15, 0.2) is 42.5 Å². The molecule has 1 fully saturated rings. The van der Waals surface area contributed by atoms with Crippen LogP contribution in [0.4, 0.5) is 0 Å². The summed E-state index contributed by atoms with van der Waals surface area (Å²) >= 11 is 6.27. The highest BCUT2D eigenvalue weighted by Crippen LogP contribution is 2.32. The first kappa shape index (κ1) is 18.1.